The SMILES string of the molecule is O=C(c1csc(-c2cn[nH]c2)c1)N1CCCC1C(F)(F)F. The molecule has 2 aromatic rings. The molecule has 112 valence electrons. The number of nitrogens with one attached hydrogen (secondary N) is 1. The molecule has 3 rings (SSSR count). The molecule has 4 nitrogen and oxygen atoms in total. The normalized spacial score (nSPS) is 19.2. The fraction of sp³-hybridized carbons (Fsp3) is 0.385. The molecule has 21 heavy (non-hydrogen) atoms. The molecule has 1 unspecified atom stereocenters. The van der Waals surface area contributed by atoms with Gasteiger partial charge in [-0.25, -0.2) is 0 Å². The second kappa shape index (κ2) is 5.18. The monoisotopic (exact) mass is 315 g/mol. The molecule has 2 aromatic heterocycles. The van der Waals surface area contributed by atoms with Crippen molar-refractivity contribution in [2.45, 2.75) is 25.1 Å². The number of halogens is 3. The number of hydrogen-bond acceptors (Lipinski definition) is 3. The van der Waals surface area contributed by atoms with Gasteiger partial charge in [0.25, 0.3) is 5.91 Å². The minimum Gasteiger partial charge on any atom is -0.327 e. The van der Waals surface area contributed by atoms with E-state index in [4.69, 9.17) is 0 Å². The third-order valence-corrected chi connectivity index (χ3v) is 4.50. The quantitative estimate of drug-likeness (QED) is 0.924. The van der Waals surface area contributed by atoms with Crippen LogP contribution in [0.15, 0.2) is 23.8 Å². The highest BCUT2D eigenvalue weighted by molar-refractivity contribution is 7.13. The number of aromatic amines is 1. The van der Waals surface area contributed by atoms with Gasteiger partial charge in [-0.1, -0.05) is 0 Å². The van der Waals surface area contributed by atoms with Crippen LogP contribution in [-0.2, 0) is 0 Å². The Balaban J connectivity index is 1.82. The van der Waals surface area contributed by atoms with Gasteiger partial charge >= 0.3 is 6.18 Å². The van der Waals surface area contributed by atoms with Crippen LogP contribution in [0.1, 0.15) is 23.2 Å². The number of carbonyl (C=O) groups is 1. The van der Waals surface area contributed by atoms with Crippen molar-refractivity contribution in [3.63, 3.8) is 0 Å². The van der Waals surface area contributed by atoms with Gasteiger partial charge in [-0.2, -0.15) is 18.3 Å². The zero-order valence-electron chi connectivity index (χ0n) is 10.9. The highest BCUT2D eigenvalue weighted by Gasteiger charge is 2.47. The first-order valence-corrected chi connectivity index (χ1v) is 7.30. The maximum Gasteiger partial charge on any atom is 0.408 e. The molecule has 1 saturated heterocycles. The molecule has 0 spiro atoms. The first-order valence-electron chi connectivity index (χ1n) is 6.42. The van der Waals surface area contributed by atoms with E-state index in [1.165, 1.54) is 11.3 Å². The van der Waals surface area contributed by atoms with E-state index in [0.29, 0.717) is 12.0 Å². The van der Waals surface area contributed by atoms with Gasteiger partial charge < -0.3 is 4.90 Å². The van der Waals surface area contributed by atoms with E-state index in [-0.39, 0.29) is 13.0 Å². The first-order chi connectivity index (χ1) is 9.97. The predicted molar refractivity (Wildman–Crippen MR) is 72.0 cm³/mol. The van der Waals surface area contributed by atoms with Crippen LogP contribution >= 0.6 is 11.3 Å². The molecule has 0 saturated carbocycles. The van der Waals surface area contributed by atoms with Gasteiger partial charge in [0.15, 0.2) is 0 Å². The number of rotatable bonds is 2. The standard InChI is InChI=1S/C13H12F3N3OS/c14-13(15,16)11-2-1-3-19(11)12(20)8-4-10(21-7-8)9-5-17-18-6-9/h4-7,11H,1-3H2,(H,17,18). The lowest BCUT2D eigenvalue weighted by Crippen LogP contribution is -2.44. The number of carbonyl (C=O) groups excluding carboxylic acids is 1. The highest BCUT2D eigenvalue weighted by atomic mass is 32.1. The summed E-state index contributed by atoms with van der Waals surface area (Å²) in [5.41, 5.74) is 1.11. The summed E-state index contributed by atoms with van der Waals surface area (Å²) < 4.78 is 38.7. The van der Waals surface area contributed by atoms with Crippen molar-refractivity contribution in [3.05, 3.63) is 29.4 Å². The molecule has 1 N–H and O–H groups in total. The lowest BCUT2D eigenvalue weighted by molar-refractivity contribution is -0.169. The molecular formula is C13H12F3N3OS. The number of alkyl halides is 3. The highest BCUT2D eigenvalue weighted by Crippen LogP contribution is 2.34. The zero-order chi connectivity index (χ0) is 15.0. The number of aromatic nitrogens is 2. The Labute approximate surface area is 122 Å². The van der Waals surface area contributed by atoms with Crippen molar-refractivity contribution < 1.29 is 18.0 Å². The summed E-state index contributed by atoms with van der Waals surface area (Å²) in [6.07, 6.45) is -0.721. The van der Waals surface area contributed by atoms with Gasteiger partial charge in [0.05, 0.1) is 11.8 Å². The third-order valence-electron chi connectivity index (χ3n) is 3.52. The summed E-state index contributed by atoms with van der Waals surface area (Å²) in [5.74, 6) is -0.555. The van der Waals surface area contributed by atoms with Gasteiger partial charge in [-0.05, 0) is 18.9 Å². The van der Waals surface area contributed by atoms with Crippen molar-refractivity contribution >= 4 is 17.2 Å². The fourth-order valence-corrected chi connectivity index (χ4v) is 3.37. The van der Waals surface area contributed by atoms with E-state index in [9.17, 15) is 18.0 Å². The van der Waals surface area contributed by atoms with Crippen LogP contribution in [0.25, 0.3) is 10.4 Å². The first kappa shape index (κ1) is 14.1. The Bertz CT molecular complexity index is 635. The van der Waals surface area contributed by atoms with E-state index in [0.717, 1.165) is 15.3 Å². The van der Waals surface area contributed by atoms with E-state index in [1.807, 2.05) is 0 Å². The number of amides is 1. The van der Waals surface area contributed by atoms with Crippen molar-refractivity contribution in [1.82, 2.24) is 15.1 Å². The van der Waals surface area contributed by atoms with Crippen LogP contribution in [0.5, 0.6) is 0 Å². The fourth-order valence-electron chi connectivity index (χ4n) is 2.50. The third kappa shape index (κ3) is 2.67. The van der Waals surface area contributed by atoms with E-state index >= 15 is 0 Å². The summed E-state index contributed by atoms with van der Waals surface area (Å²) in [4.78, 5) is 14.0. The van der Waals surface area contributed by atoms with Gasteiger partial charge in [0.2, 0.25) is 0 Å². The van der Waals surface area contributed by atoms with Crippen molar-refractivity contribution in [3.8, 4) is 10.4 Å². The molecule has 1 amide bonds. The molecule has 8 heteroatoms. The average molecular weight is 315 g/mol. The average Bonchev–Trinajstić information content (AvgIpc) is 3.16. The second-order valence-electron chi connectivity index (χ2n) is 4.88. The minimum atomic E-state index is -4.37. The van der Waals surface area contributed by atoms with Crippen LogP contribution < -0.4 is 0 Å². The Morgan fingerprint density at radius 3 is 2.95 bits per heavy atom. The number of thiophene rings is 1. The van der Waals surface area contributed by atoms with Crippen LogP contribution in [0.3, 0.4) is 0 Å². The summed E-state index contributed by atoms with van der Waals surface area (Å²) in [7, 11) is 0. The predicted octanol–water partition coefficient (Wildman–Crippen LogP) is 3.31. The Morgan fingerprint density at radius 2 is 2.29 bits per heavy atom. The summed E-state index contributed by atoms with van der Waals surface area (Å²) in [6, 6.07) is -0.0499. The lowest BCUT2D eigenvalue weighted by Gasteiger charge is -2.26. The Hall–Kier alpha value is -1.83. The maximum atomic E-state index is 12.9. The van der Waals surface area contributed by atoms with Crippen molar-refractivity contribution in [2.75, 3.05) is 6.54 Å². The molecular weight excluding hydrogens is 303 g/mol. The summed E-state index contributed by atoms with van der Waals surface area (Å²) in [5, 5.41) is 8.07. The molecule has 0 aromatic carbocycles. The van der Waals surface area contributed by atoms with Crippen LogP contribution in [-0.4, -0.2) is 39.8 Å². The topological polar surface area (TPSA) is 49.0 Å². The summed E-state index contributed by atoms with van der Waals surface area (Å²) >= 11 is 1.31. The van der Waals surface area contributed by atoms with Gasteiger partial charge in [-0.15, -0.1) is 11.3 Å². The minimum absolute atomic E-state index is 0.0199. The van der Waals surface area contributed by atoms with Crippen molar-refractivity contribution in [2.24, 2.45) is 0 Å². The molecule has 0 bridgehead atoms. The largest absolute Gasteiger partial charge is 0.408 e. The number of H-pyrrole nitrogens is 1. The number of hydrogen-bond donors (Lipinski definition) is 1. The summed E-state index contributed by atoms with van der Waals surface area (Å²) in [6.45, 7) is 0.153. The zero-order valence-corrected chi connectivity index (χ0v) is 11.7. The molecule has 0 aliphatic carbocycles. The molecule has 0 radical (unpaired) electrons. The van der Waals surface area contributed by atoms with E-state index < -0.39 is 18.1 Å². The number of nitrogens with zero attached hydrogens (tertiary/aromatic N) is 2. The van der Waals surface area contributed by atoms with Crippen LogP contribution in [0.4, 0.5) is 13.2 Å². The van der Waals surface area contributed by atoms with Gasteiger partial charge in [0.1, 0.15) is 6.04 Å². The molecule has 1 aliphatic rings. The van der Waals surface area contributed by atoms with E-state index in [1.54, 1.807) is 23.8 Å². The maximum absolute atomic E-state index is 12.9. The van der Waals surface area contributed by atoms with Gasteiger partial charge in [0, 0.05) is 28.6 Å². The Kier molecular flexibility index (Phi) is 3.48. The molecule has 3 heterocycles. The van der Waals surface area contributed by atoms with Crippen LogP contribution in [0, 0.1) is 0 Å². The van der Waals surface area contributed by atoms with E-state index in [2.05, 4.69) is 10.2 Å². The van der Waals surface area contributed by atoms with Crippen molar-refractivity contribution in [1.29, 1.82) is 0 Å². The molecule has 1 aliphatic heterocycles. The van der Waals surface area contributed by atoms with Crippen LogP contribution in [0.2, 0.25) is 0 Å². The van der Waals surface area contributed by atoms with Gasteiger partial charge in [-0.3, -0.25) is 9.89 Å². The molecule has 1 atom stereocenters. The number of likely N-dealkylation sites (tertiary alicyclic amines) is 1. The second-order valence-corrected chi connectivity index (χ2v) is 5.80. The lowest BCUT2D eigenvalue weighted by atomic mass is 10.2. The molecule has 1 fully saturated rings. The Morgan fingerprint density at radius 1 is 1.48 bits per heavy atom. The smallest absolute Gasteiger partial charge is 0.327 e.